The zero-order chi connectivity index (χ0) is 16.9. The quantitative estimate of drug-likeness (QED) is 0.764. The van der Waals surface area contributed by atoms with Gasteiger partial charge in [0, 0.05) is 5.02 Å². The zero-order valence-electron chi connectivity index (χ0n) is 12.4. The van der Waals surface area contributed by atoms with E-state index < -0.39 is 9.84 Å². The first-order valence-electron chi connectivity index (χ1n) is 6.82. The van der Waals surface area contributed by atoms with Crippen LogP contribution in [0.5, 0.6) is 5.75 Å². The Morgan fingerprint density at radius 1 is 1.26 bits per heavy atom. The molecule has 2 aromatic rings. The molecule has 0 radical (unpaired) electrons. The Morgan fingerprint density at radius 3 is 2.57 bits per heavy atom. The summed E-state index contributed by atoms with van der Waals surface area (Å²) in [6, 6.07) is 14.3. The summed E-state index contributed by atoms with van der Waals surface area (Å²) in [5.41, 5.74) is 0.574. The maximum atomic E-state index is 12.5. The molecule has 0 amide bonds. The Bertz CT molecular complexity index is 865. The molecule has 0 N–H and O–H groups in total. The van der Waals surface area contributed by atoms with Gasteiger partial charge in [-0.05, 0) is 55.0 Å². The molecule has 118 valence electrons. The fourth-order valence-electron chi connectivity index (χ4n) is 1.92. The lowest BCUT2D eigenvalue weighted by Crippen LogP contribution is -2.03. The summed E-state index contributed by atoms with van der Waals surface area (Å²) in [5.74, 6) is 0.613. The third-order valence-electron chi connectivity index (χ3n) is 2.99. The van der Waals surface area contributed by atoms with Gasteiger partial charge in [-0.2, -0.15) is 5.26 Å². The van der Waals surface area contributed by atoms with Gasteiger partial charge in [0.1, 0.15) is 16.7 Å². The van der Waals surface area contributed by atoms with Crippen molar-refractivity contribution in [2.75, 3.05) is 6.61 Å². The molecule has 0 bridgehead atoms. The van der Waals surface area contributed by atoms with Crippen molar-refractivity contribution in [2.45, 2.75) is 11.8 Å². The summed E-state index contributed by atoms with van der Waals surface area (Å²) in [5, 5.41) is 9.68. The van der Waals surface area contributed by atoms with Crippen LogP contribution >= 0.6 is 11.6 Å². The number of nitriles is 1. The number of hydrogen-bond donors (Lipinski definition) is 0. The minimum Gasteiger partial charge on any atom is -0.494 e. The normalized spacial score (nSPS) is 11.8. The number of sulfone groups is 1. The van der Waals surface area contributed by atoms with Crippen molar-refractivity contribution in [3.63, 3.8) is 0 Å². The summed E-state index contributed by atoms with van der Waals surface area (Å²) in [4.78, 5) is -0.316. The standard InChI is InChI=1S/C17H14ClNO3S/c1-2-22-15-5-3-4-13(10-15)11-17(12-19)23(20,21)16-8-6-14(18)7-9-16/h3-11H,2H2,1H3/b17-11+. The Kier molecular flexibility index (Phi) is 5.43. The first-order valence-corrected chi connectivity index (χ1v) is 8.69. The van der Waals surface area contributed by atoms with Gasteiger partial charge in [0.05, 0.1) is 11.5 Å². The molecule has 0 aromatic heterocycles. The zero-order valence-corrected chi connectivity index (χ0v) is 13.9. The van der Waals surface area contributed by atoms with Crippen molar-refractivity contribution in [3.05, 3.63) is 64.0 Å². The van der Waals surface area contributed by atoms with Gasteiger partial charge < -0.3 is 4.74 Å². The molecule has 0 saturated carbocycles. The van der Waals surface area contributed by atoms with Crippen LogP contribution in [-0.2, 0) is 9.84 Å². The third-order valence-corrected chi connectivity index (χ3v) is 4.92. The molecule has 0 atom stereocenters. The van der Waals surface area contributed by atoms with Crippen molar-refractivity contribution < 1.29 is 13.2 Å². The Balaban J connectivity index is 2.44. The van der Waals surface area contributed by atoms with Crippen LogP contribution in [0.4, 0.5) is 0 Å². The van der Waals surface area contributed by atoms with Gasteiger partial charge in [-0.25, -0.2) is 8.42 Å². The largest absolute Gasteiger partial charge is 0.494 e. The number of hydrogen-bond acceptors (Lipinski definition) is 4. The fraction of sp³-hybridized carbons (Fsp3) is 0.118. The molecule has 4 nitrogen and oxygen atoms in total. The summed E-state index contributed by atoms with van der Waals surface area (Å²) in [6.45, 7) is 2.36. The number of benzene rings is 2. The lowest BCUT2D eigenvalue weighted by molar-refractivity contribution is 0.340. The molecule has 2 aromatic carbocycles. The van der Waals surface area contributed by atoms with Crippen LogP contribution in [0.3, 0.4) is 0 Å². The average Bonchev–Trinajstić information content (AvgIpc) is 2.53. The lowest BCUT2D eigenvalue weighted by Gasteiger charge is -2.05. The maximum absolute atomic E-state index is 12.5. The minimum absolute atomic E-state index is 0.0238. The Morgan fingerprint density at radius 2 is 1.96 bits per heavy atom. The van der Waals surface area contributed by atoms with Gasteiger partial charge in [-0.15, -0.1) is 0 Å². The first-order chi connectivity index (χ1) is 11.0. The number of allylic oxidation sites excluding steroid dienone is 1. The van der Waals surface area contributed by atoms with Gasteiger partial charge in [0.25, 0.3) is 0 Å². The summed E-state index contributed by atoms with van der Waals surface area (Å²) >= 11 is 5.76. The molecule has 2 rings (SSSR count). The highest BCUT2D eigenvalue weighted by molar-refractivity contribution is 7.95. The molecule has 0 aliphatic carbocycles. The molecular weight excluding hydrogens is 334 g/mol. The topological polar surface area (TPSA) is 67.2 Å². The van der Waals surface area contributed by atoms with E-state index in [1.54, 1.807) is 30.3 Å². The van der Waals surface area contributed by atoms with E-state index in [-0.39, 0.29) is 9.80 Å². The van der Waals surface area contributed by atoms with Gasteiger partial charge in [0.2, 0.25) is 9.84 Å². The van der Waals surface area contributed by atoms with Crippen LogP contribution in [-0.4, -0.2) is 15.0 Å². The third kappa shape index (κ3) is 4.13. The molecule has 0 heterocycles. The molecule has 0 spiro atoms. The van der Waals surface area contributed by atoms with Crippen LogP contribution in [0, 0.1) is 11.3 Å². The van der Waals surface area contributed by atoms with Gasteiger partial charge in [-0.1, -0.05) is 23.7 Å². The van der Waals surface area contributed by atoms with Crippen LogP contribution < -0.4 is 4.74 Å². The minimum atomic E-state index is -3.89. The lowest BCUT2D eigenvalue weighted by atomic mass is 10.2. The van der Waals surface area contributed by atoms with Gasteiger partial charge >= 0.3 is 0 Å². The first kappa shape index (κ1) is 17.1. The molecule has 0 aliphatic rings. The molecule has 6 heteroatoms. The van der Waals surface area contributed by atoms with E-state index in [1.165, 1.54) is 30.3 Å². The number of ether oxygens (including phenoxy) is 1. The van der Waals surface area contributed by atoms with Crippen LogP contribution in [0.1, 0.15) is 12.5 Å². The summed E-state index contributed by atoms with van der Waals surface area (Å²) in [6.07, 6.45) is 1.33. The molecular formula is C17H14ClNO3S. The van der Waals surface area contributed by atoms with Crippen molar-refractivity contribution in [2.24, 2.45) is 0 Å². The van der Waals surface area contributed by atoms with E-state index in [2.05, 4.69) is 0 Å². The highest BCUT2D eigenvalue weighted by atomic mass is 35.5. The van der Waals surface area contributed by atoms with Crippen molar-refractivity contribution >= 4 is 27.5 Å². The smallest absolute Gasteiger partial charge is 0.216 e. The Hall–Kier alpha value is -2.29. The monoisotopic (exact) mass is 347 g/mol. The molecule has 23 heavy (non-hydrogen) atoms. The van der Waals surface area contributed by atoms with Gasteiger partial charge in [-0.3, -0.25) is 0 Å². The van der Waals surface area contributed by atoms with Crippen LogP contribution in [0.15, 0.2) is 58.3 Å². The molecule has 0 unspecified atom stereocenters. The van der Waals surface area contributed by atoms with E-state index in [0.717, 1.165) is 0 Å². The maximum Gasteiger partial charge on any atom is 0.216 e. The summed E-state index contributed by atoms with van der Waals surface area (Å²) in [7, 11) is -3.89. The van der Waals surface area contributed by atoms with Crippen LogP contribution in [0.25, 0.3) is 6.08 Å². The van der Waals surface area contributed by atoms with Gasteiger partial charge in [0.15, 0.2) is 0 Å². The second kappa shape index (κ2) is 7.32. The van der Waals surface area contributed by atoms with E-state index in [4.69, 9.17) is 16.3 Å². The highest BCUT2D eigenvalue weighted by Crippen LogP contribution is 2.24. The molecule has 0 saturated heterocycles. The van der Waals surface area contributed by atoms with Crippen LogP contribution in [0.2, 0.25) is 5.02 Å². The van der Waals surface area contributed by atoms with E-state index in [1.807, 2.05) is 6.92 Å². The van der Waals surface area contributed by atoms with E-state index >= 15 is 0 Å². The molecule has 0 aliphatic heterocycles. The van der Waals surface area contributed by atoms with E-state index in [9.17, 15) is 13.7 Å². The number of nitrogens with zero attached hydrogens (tertiary/aromatic N) is 1. The number of halogens is 1. The molecule has 0 fully saturated rings. The van der Waals surface area contributed by atoms with Crippen molar-refractivity contribution in [1.82, 2.24) is 0 Å². The number of rotatable bonds is 5. The second-order valence-corrected chi connectivity index (χ2v) is 6.94. The van der Waals surface area contributed by atoms with Crippen molar-refractivity contribution in [1.29, 1.82) is 5.26 Å². The highest BCUT2D eigenvalue weighted by Gasteiger charge is 2.20. The Labute approximate surface area is 140 Å². The predicted octanol–water partition coefficient (Wildman–Crippen LogP) is 4.08. The fourth-order valence-corrected chi connectivity index (χ4v) is 3.21. The average molecular weight is 348 g/mol. The summed E-state index contributed by atoms with van der Waals surface area (Å²) < 4.78 is 30.4. The predicted molar refractivity (Wildman–Crippen MR) is 89.8 cm³/mol. The van der Waals surface area contributed by atoms with E-state index in [0.29, 0.717) is 22.9 Å². The SMILES string of the molecule is CCOc1cccc(/C=C(\C#N)S(=O)(=O)c2ccc(Cl)cc2)c1. The van der Waals surface area contributed by atoms with Crippen molar-refractivity contribution in [3.8, 4) is 11.8 Å². The second-order valence-electron chi connectivity index (χ2n) is 4.58.